The number of rotatable bonds is 12. The third kappa shape index (κ3) is 9.90. The quantitative estimate of drug-likeness (QED) is 0.331. The number of hydrogen-bond acceptors (Lipinski definition) is 7. The van der Waals surface area contributed by atoms with E-state index < -0.39 is 34.5 Å². The highest BCUT2D eigenvalue weighted by Crippen LogP contribution is 2.15. The van der Waals surface area contributed by atoms with Crippen molar-refractivity contribution >= 4 is 27.9 Å². The molecule has 0 atom stereocenters. The minimum Gasteiger partial charge on any atom is -0.494 e. The van der Waals surface area contributed by atoms with E-state index in [1.807, 2.05) is 19.2 Å². The number of sulfonamides is 1. The molecule has 0 radical (unpaired) electrons. The molecule has 11 heteroatoms. The van der Waals surface area contributed by atoms with Crippen LogP contribution in [0.15, 0.2) is 29.2 Å². The molecule has 0 aromatic heterocycles. The number of hydrogen-bond donors (Lipinski definition) is 3. The van der Waals surface area contributed by atoms with Crippen molar-refractivity contribution in [3.8, 4) is 5.75 Å². The van der Waals surface area contributed by atoms with Crippen molar-refractivity contribution in [3.63, 3.8) is 0 Å². The molecule has 0 unspecified atom stereocenters. The number of carbonyl (C=O) groups is 3. The van der Waals surface area contributed by atoms with Crippen LogP contribution in [-0.4, -0.2) is 52.6 Å². The van der Waals surface area contributed by atoms with E-state index in [0.717, 1.165) is 12.8 Å². The lowest BCUT2D eigenvalue weighted by Gasteiger charge is -2.09. The van der Waals surface area contributed by atoms with Crippen LogP contribution in [0, 0.1) is 0 Å². The third-order valence-electron chi connectivity index (χ3n) is 3.50. The number of nitrogens with one attached hydrogen (secondary N) is 3. The zero-order valence-electron chi connectivity index (χ0n) is 16.5. The SMILES string of the molecule is CCCCNC(=O)NC(=O)COC(=O)CCNS(=O)(=O)c1ccc(OCC)cc1. The fourth-order valence-electron chi connectivity index (χ4n) is 2.06. The second-order valence-corrected chi connectivity index (χ2v) is 7.64. The summed E-state index contributed by atoms with van der Waals surface area (Å²) in [6.07, 6.45) is 1.41. The van der Waals surface area contributed by atoms with Gasteiger partial charge in [0, 0.05) is 13.1 Å². The number of urea groups is 1. The largest absolute Gasteiger partial charge is 0.494 e. The number of amides is 3. The average molecular weight is 429 g/mol. The Kier molecular flexibility index (Phi) is 10.7. The van der Waals surface area contributed by atoms with Crippen molar-refractivity contribution in [3.05, 3.63) is 24.3 Å². The summed E-state index contributed by atoms with van der Waals surface area (Å²) in [5.74, 6) is -1.00. The zero-order valence-corrected chi connectivity index (χ0v) is 17.3. The Morgan fingerprint density at radius 2 is 1.72 bits per heavy atom. The predicted octanol–water partition coefficient (Wildman–Crippen LogP) is 0.923. The Morgan fingerprint density at radius 1 is 1.03 bits per heavy atom. The van der Waals surface area contributed by atoms with Gasteiger partial charge in [-0.1, -0.05) is 13.3 Å². The maximum Gasteiger partial charge on any atom is 0.321 e. The van der Waals surface area contributed by atoms with Crippen LogP contribution < -0.4 is 20.1 Å². The van der Waals surface area contributed by atoms with E-state index in [1.165, 1.54) is 24.3 Å². The van der Waals surface area contributed by atoms with Gasteiger partial charge >= 0.3 is 12.0 Å². The minimum atomic E-state index is -3.79. The smallest absolute Gasteiger partial charge is 0.321 e. The minimum absolute atomic E-state index is 0.0304. The predicted molar refractivity (Wildman–Crippen MR) is 105 cm³/mol. The van der Waals surface area contributed by atoms with E-state index in [0.29, 0.717) is 18.9 Å². The third-order valence-corrected chi connectivity index (χ3v) is 4.98. The molecule has 1 aromatic carbocycles. The van der Waals surface area contributed by atoms with E-state index in [2.05, 4.69) is 10.0 Å². The van der Waals surface area contributed by atoms with E-state index in [9.17, 15) is 22.8 Å². The van der Waals surface area contributed by atoms with Gasteiger partial charge in [0.05, 0.1) is 17.9 Å². The van der Waals surface area contributed by atoms with E-state index in [4.69, 9.17) is 9.47 Å². The van der Waals surface area contributed by atoms with Gasteiger partial charge in [-0.25, -0.2) is 17.9 Å². The molecule has 0 saturated carbocycles. The average Bonchev–Trinajstić information content (AvgIpc) is 2.67. The Hall–Kier alpha value is -2.66. The maximum atomic E-state index is 12.2. The van der Waals surface area contributed by atoms with E-state index in [-0.39, 0.29) is 17.9 Å². The number of carbonyl (C=O) groups excluding carboxylic acids is 3. The fourth-order valence-corrected chi connectivity index (χ4v) is 3.09. The Labute approximate surface area is 170 Å². The zero-order chi connectivity index (χ0) is 21.7. The molecule has 1 rings (SSSR count). The highest BCUT2D eigenvalue weighted by Gasteiger charge is 2.15. The van der Waals surface area contributed by atoms with Crippen LogP contribution in [0.5, 0.6) is 5.75 Å². The summed E-state index contributed by atoms with van der Waals surface area (Å²) in [6.45, 7) is 3.84. The summed E-state index contributed by atoms with van der Waals surface area (Å²) in [6, 6.07) is 5.18. The fraction of sp³-hybridized carbons (Fsp3) is 0.500. The number of unbranched alkanes of at least 4 members (excludes halogenated alkanes) is 1. The summed E-state index contributed by atoms with van der Waals surface area (Å²) >= 11 is 0. The van der Waals surface area contributed by atoms with Gasteiger partial charge in [-0.05, 0) is 37.6 Å². The Bertz CT molecular complexity index is 779. The molecule has 0 spiro atoms. The van der Waals surface area contributed by atoms with Gasteiger partial charge in [0.1, 0.15) is 5.75 Å². The topological polar surface area (TPSA) is 140 Å². The standard InChI is InChI=1S/C18H27N3O7S/c1-3-5-11-19-18(24)21-16(22)13-28-17(23)10-12-20-29(25,26)15-8-6-14(7-9-15)27-4-2/h6-9,20H,3-5,10-13H2,1-2H3,(H2,19,21,22,24). The summed E-state index contributed by atoms with van der Waals surface area (Å²) in [5.41, 5.74) is 0. The van der Waals surface area contributed by atoms with Crippen LogP contribution in [0.1, 0.15) is 33.1 Å². The highest BCUT2D eigenvalue weighted by molar-refractivity contribution is 7.89. The molecule has 10 nitrogen and oxygen atoms in total. The first kappa shape index (κ1) is 24.4. The van der Waals surface area contributed by atoms with Gasteiger partial charge in [0.25, 0.3) is 5.91 Å². The number of benzene rings is 1. The molecule has 3 amide bonds. The van der Waals surface area contributed by atoms with Crippen molar-refractivity contribution in [2.75, 3.05) is 26.3 Å². The molecule has 0 aliphatic carbocycles. The first-order chi connectivity index (χ1) is 13.8. The molecular weight excluding hydrogens is 402 g/mol. The van der Waals surface area contributed by atoms with Gasteiger partial charge in [-0.15, -0.1) is 0 Å². The van der Waals surface area contributed by atoms with Crippen LogP contribution >= 0.6 is 0 Å². The lowest BCUT2D eigenvalue weighted by atomic mass is 10.3. The molecular formula is C18H27N3O7S. The molecule has 0 heterocycles. The second kappa shape index (κ2) is 12.7. The summed E-state index contributed by atoms with van der Waals surface area (Å²) in [7, 11) is -3.79. The lowest BCUT2D eigenvalue weighted by Crippen LogP contribution is -2.41. The van der Waals surface area contributed by atoms with Crippen molar-refractivity contribution in [2.45, 2.75) is 38.0 Å². The molecule has 162 valence electrons. The molecule has 0 fully saturated rings. The second-order valence-electron chi connectivity index (χ2n) is 5.87. The van der Waals surface area contributed by atoms with Crippen LogP contribution in [-0.2, 0) is 24.3 Å². The summed E-state index contributed by atoms with van der Waals surface area (Å²) < 4.78 is 36.6. The molecule has 3 N–H and O–H groups in total. The highest BCUT2D eigenvalue weighted by atomic mass is 32.2. The number of imide groups is 1. The summed E-state index contributed by atoms with van der Waals surface area (Å²) in [5, 5.41) is 4.50. The van der Waals surface area contributed by atoms with Crippen LogP contribution in [0.3, 0.4) is 0 Å². The molecule has 0 aliphatic heterocycles. The van der Waals surface area contributed by atoms with Crippen LogP contribution in [0.2, 0.25) is 0 Å². The van der Waals surface area contributed by atoms with Crippen LogP contribution in [0.25, 0.3) is 0 Å². The van der Waals surface area contributed by atoms with Crippen molar-refractivity contribution in [1.29, 1.82) is 0 Å². The molecule has 0 saturated heterocycles. The van der Waals surface area contributed by atoms with Gasteiger partial charge in [-0.3, -0.25) is 14.9 Å². The number of ether oxygens (including phenoxy) is 2. The number of esters is 1. The first-order valence-corrected chi connectivity index (χ1v) is 10.7. The molecule has 0 aliphatic rings. The van der Waals surface area contributed by atoms with Gasteiger partial charge in [-0.2, -0.15) is 0 Å². The molecule has 29 heavy (non-hydrogen) atoms. The van der Waals surface area contributed by atoms with Crippen LogP contribution in [0.4, 0.5) is 4.79 Å². The Morgan fingerprint density at radius 3 is 2.34 bits per heavy atom. The normalized spacial score (nSPS) is 10.8. The lowest BCUT2D eigenvalue weighted by molar-refractivity contribution is -0.148. The molecule has 0 bridgehead atoms. The van der Waals surface area contributed by atoms with E-state index in [1.54, 1.807) is 0 Å². The first-order valence-electron chi connectivity index (χ1n) is 9.24. The monoisotopic (exact) mass is 429 g/mol. The van der Waals surface area contributed by atoms with Crippen molar-refractivity contribution < 1.29 is 32.3 Å². The van der Waals surface area contributed by atoms with Crippen molar-refractivity contribution in [1.82, 2.24) is 15.4 Å². The van der Waals surface area contributed by atoms with Gasteiger partial charge in [0.2, 0.25) is 10.0 Å². The van der Waals surface area contributed by atoms with E-state index >= 15 is 0 Å². The molecule has 1 aromatic rings. The van der Waals surface area contributed by atoms with Crippen molar-refractivity contribution in [2.24, 2.45) is 0 Å². The summed E-state index contributed by atoms with van der Waals surface area (Å²) in [4.78, 5) is 34.6. The van der Waals surface area contributed by atoms with Gasteiger partial charge in [0.15, 0.2) is 6.61 Å². The Balaban J connectivity index is 2.31. The van der Waals surface area contributed by atoms with Gasteiger partial charge < -0.3 is 14.8 Å². The maximum absolute atomic E-state index is 12.2.